The highest BCUT2D eigenvalue weighted by Crippen LogP contribution is 2.35. The fraction of sp³-hybridized carbons (Fsp3) is 0.462. The van der Waals surface area contributed by atoms with Gasteiger partial charge in [0, 0.05) is 0 Å². The smallest absolute Gasteiger partial charge is 0.461 e. The van der Waals surface area contributed by atoms with Gasteiger partial charge in [0.1, 0.15) is 6.61 Å². The molecule has 0 amide bonds. The number of carbonyl (C=O) groups is 1. The average Bonchev–Trinajstić information content (AvgIpc) is 2.30. The summed E-state index contributed by atoms with van der Waals surface area (Å²) in [7, 11) is 0. The van der Waals surface area contributed by atoms with Gasteiger partial charge in [0.2, 0.25) is 0 Å². The van der Waals surface area contributed by atoms with Gasteiger partial charge < -0.3 is 4.74 Å². The standard InChI is InChI=1S/C13H13F3O3/c14-13(15,16)19-11-6-10(7-11)12(17)18-8-9-4-2-1-3-5-9/h1-5,10-11H,6-8H2/t10-,11+. The van der Waals surface area contributed by atoms with Crippen LogP contribution < -0.4 is 0 Å². The molecule has 0 N–H and O–H groups in total. The van der Waals surface area contributed by atoms with Gasteiger partial charge in [-0.1, -0.05) is 30.3 Å². The van der Waals surface area contributed by atoms with Crippen LogP contribution in [0, 0.1) is 5.92 Å². The van der Waals surface area contributed by atoms with Gasteiger partial charge in [0.25, 0.3) is 0 Å². The summed E-state index contributed by atoms with van der Waals surface area (Å²) in [5.74, 6) is -0.957. The molecular formula is C13H13F3O3. The predicted molar refractivity (Wildman–Crippen MR) is 59.9 cm³/mol. The van der Waals surface area contributed by atoms with Crippen LogP contribution in [0.1, 0.15) is 18.4 Å². The third-order valence-electron chi connectivity index (χ3n) is 2.95. The minimum Gasteiger partial charge on any atom is -0.461 e. The lowest BCUT2D eigenvalue weighted by molar-refractivity contribution is -0.353. The molecule has 1 aromatic rings. The Morgan fingerprint density at radius 2 is 1.84 bits per heavy atom. The normalized spacial score (nSPS) is 22.7. The van der Waals surface area contributed by atoms with Crippen molar-refractivity contribution < 1.29 is 27.4 Å². The lowest BCUT2D eigenvalue weighted by atomic mass is 9.82. The van der Waals surface area contributed by atoms with Crippen molar-refractivity contribution >= 4 is 5.97 Å². The molecule has 19 heavy (non-hydrogen) atoms. The van der Waals surface area contributed by atoms with Gasteiger partial charge in [-0.15, -0.1) is 13.2 Å². The molecule has 1 fully saturated rings. The second-order valence-electron chi connectivity index (χ2n) is 4.45. The molecule has 1 aromatic carbocycles. The Kier molecular flexibility index (Phi) is 4.09. The minimum absolute atomic E-state index is 0.0626. The molecule has 3 nitrogen and oxygen atoms in total. The number of halogens is 3. The summed E-state index contributed by atoms with van der Waals surface area (Å²) in [6, 6.07) is 9.10. The Hall–Kier alpha value is -1.56. The van der Waals surface area contributed by atoms with E-state index in [0.29, 0.717) is 0 Å². The summed E-state index contributed by atoms with van der Waals surface area (Å²) in [6.45, 7) is 0.140. The van der Waals surface area contributed by atoms with E-state index in [4.69, 9.17) is 4.74 Å². The SMILES string of the molecule is O=C(OCc1ccccc1)[C@H]1C[C@@H](OC(F)(F)F)C1. The van der Waals surface area contributed by atoms with Gasteiger partial charge >= 0.3 is 12.3 Å². The van der Waals surface area contributed by atoms with Gasteiger partial charge in [-0.05, 0) is 18.4 Å². The molecule has 0 radical (unpaired) electrons. The highest BCUT2D eigenvalue weighted by Gasteiger charge is 2.43. The maximum Gasteiger partial charge on any atom is 0.522 e. The first-order chi connectivity index (χ1) is 8.94. The van der Waals surface area contributed by atoms with Gasteiger partial charge in [0.05, 0.1) is 12.0 Å². The van der Waals surface area contributed by atoms with E-state index in [-0.39, 0.29) is 19.4 Å². The molecule has 0 atom stereocenters. The lowest BCUT2D eigenvalue weighted by Crippen LogP contribution is -2.40. The van der Waals surface area contributed by atoms with Crippen LogP contribution in [-0.2, 0) is 20.9 Å². The number of alkyl halides is 3. The number of benzene rings is 1. The van der Waals surface area contributed by atoms with Crippen LogP contribution in [-0.4, -0.2) is 18.4 Å². The molecule has 1 aliphatic carbocycles. The summed E-state index contributed by atoms with van der Waals surface area (Å²) in [5, 5.41) is 0. The van der Waals surface area contributed by atoms with Crippen LogP contribution in [0.15, 0.2) is 30.3 Å². The van der Waals surface area contributed by atoms with E-state index in [2.05, 4.69) is 4.74 Å². The molecule has 0 aromatic heterocycles. The first-order valence-electron chi connectivity index (χ1n) is 5.89. The second-order valence-corrected chi connectivity index (χ2v) is 4.45. The third kappa shape index (κ3) is 4.24. The topological polar surface area (TPSA) is 35.5 Å². The lowest BCUT2D eigenvalue weighted by Gasteiger charge is -2.33. The Morgan fingerprint density at radius 1 is 1.21 bits per heavy atom. The first kappa shape index (κ1) is 13.9. The van der Waals surface area contributed by atoms with E-state index in [1.807, 2.05) is 30.3 Å². The fourth-order valence-corrected chi connectivity index (χ4v) is 1.89. The zero-order chi connectivity index (χ0) is 13.9. The van der Waals surface area contributed by atoms with Crippen molar-refractivity contribution in [3.8, 4) is 0 Å². The van der Waals surface area contributed by atoms with Crippen LogP contribution in [0.2, 0.25) is 0 Å². The Labute approximate surface area is 108 Å². The first-order valence-corrected chi connectivity index (χ1v) is 5.89. The molecule has 0 heterocycles. The molecule has 1 saturated carbocycles. The Morgan fingerprint density at radius 3 is 2.42 bits per heavy atom. The van der Waals surface area contributed by atoms with Gasteiger partial charge in [-0.3, -0.25) is 9.53 Å². The minimum atomic E-state index is -4.64. The summed E-state index contributed by atoms with van der Waals surface area (Å²) >= 11 is 0. The zero-order valence-electron chi connectivity index (χ0n) is 10.0. The van der Waals surface area contributed by atoms with E-state index in [9.17, 15) is 18.0 Å². The molecule has 104 valence electrons. The fourth-order valence-electron chi connectivity index (χ4n) is 1.89. The second kappa shape index (κ2) is 5.61. The highest BCUT2D eigenvalue weighted by molar-refractivity contribution is 5.73. The van der Waals surface area contributed by atoms with Crippen LogP contribution in [0.5, 0.6) is 0 Å². The van der Waals surface area contributed by atoms with Crippen molar-refractivity contribution in [1.29, 1.82) is 0 Å². The van der Waals surface area contributed by atoms with E-state index >= 15 is 0 Å². The van der Waals surface area contributed by atoms with Gasteiger partial charge in [0.15, 0.2) is 0 Å². The van der Waals surface area contributed by atoms with Crippen molar-refractivity contribution in [2.45, 2.75) is 31.9 Å². The molecule has 0 saturated heterocycles. The van der Waals surface area contributed by atoms with Crippen molar-refractivity contribution in [2.24, 2.45) is 5.92 Å². The third-order valence-corrected chi connectivity index (χ3v) is 2.95. The molecule has 0 aliphatic heterocycles. The van der Waals surface area contributed by atoms with E-state index in [1.165, 1.54) is 0 Å². The predicted octanol–water partition coefficient (Wildman–Crippen LogP) is 3.04. The molecule has 0 unspecified atom stereocenters. The Balaban J connectivity index is 1.69. The quantitative estimate of drug-likeness (QED) is 0.792. The van der Waals surface area contributed by atoms with Gasteiger partial charge in [-0.2, -0.15) is 0 Å². The van der Waals surface area contributed by atoms with E-state index in [1.54, 1.807) is 0 Å². The number of hydrogen-bond donors (Lipinski definition) is 0. The number of carbonyl (C=O) groups excluding carboxylic acids is 1. The number of ether oxygens (including phenoxy) is 2. The summed E-state index contributed by atoms with van der Waals surface area (Å²) in [6.07, 6.45) is -5.43. The zero-order valence-corrected chi connectivity index (χ0v) is 10.0. The van der Waals surface area contributed by atoms with Gasteiger partial charge in [-0.25, -0.2) is 0 Å². The number of esters is 1. The molecule has 0 spiro atoms. The largest absolute Gasteiger partial charge is 0.522 e. The van der Waals surface area contributed by atoms with Crippen LogP contribution in [0.25, 0.3) is 0 Å². The molecule has 0 bridgehead atoms. The highest BCUT2D eigenvalue weighted by atomic mass is 19.4. The Bertz CT molecular complexity index is 425. The summed E-state index contributed by atoms with van der Waals surface area (Å²) in [4.78, 5) is 11.6. The summed E-state index contributed by atoms with van der Waals surface area (Å²) in [5.41, 5.74) is 0.846. The average molecular weight is 274 g/mol. The number of hydrogen-bond acceptors (Lipinski definition) is 3. The van der Waals surface area contributed by atoms with Crippen molar-refractivity contribution in [3.05, 3.63) is 35.9 Å². The van der Waals surface area contributed by atoms with Crippen LogP contribution >= 0.6 is 0 Å². The van der Waals surface area contributed by atoms with Crippen molar-refractivity contribution in [3.63, 3.8) is 0 Å². The monoisotopic (exact) mass is 274 g/mol. The van der Waals surface area contributed by atoms with Crippen molar-refractivity contribution in [2.75, 3.05) is 0 Å². The molecular weight excluding hydrogens is 261 g/mol. The maximum atomic E-state index is 11.9. The summed E-state index contributed by atoms with van der Waals surface area (Å²) < 4.78 is 44.5. The molecule has 6 heteroatoms. The van der Waals surface area contributed by atoms with Crippen LogP contribution in [0.4, 0.5) is 13.2 Å². The van der Waals surface area contributed by atoms with E-state index < -0.39 is 24.4 Å². The number of rotatable bonds is 4. The molecule has 2 rings (SSSR count). The van der Waals surface area contributed by atoms with Crippen LogP contribution in [0.3, 0.4) is 0 Å². The maximum absolute atomic E-state index is 11.9. The molecule has 1 aliphatic rings. The van der Waals surface area contributed by atoms with E-state index in [0.717, 1.165) is 5.56 Å². The van der Waals surface area contributed by atoms with Crippen molar-refractivity contribution in [1.82, 2.24) is 0 Å².